The van der Waals surface area contributed by atoms with Crippen LogP contribution in [0.2, 0.25) is 0 Å². The molecule has 1 aliphatic heterocycles. The number of nitro groups is 1. The highest BCUT2D eigenvalue weighted by molar-refractivity contribution is 7.98. The molecule has 4 aromatic rings. The fraction of sp³-hybridized carbons (Fsp3) is 0.0870. The molecule has 1 N–H and O–H groups in total. The summed E-state index contributed by atoms with van der Waals surface area (Å²) < 4.78 is 11.3. The molecule has 33 heavy (non-hydrogen) atoms. The van der Waals surface area contributed by atoms with Crippen LogP contribution in [0.3, 0.4) is 0 Å². The summed E-state index contributed by atoms with van der Waals surface area (Å²) in [7, 11) is 0. The summed E-state index contributed by atoms with van der Waals surface area (Å²) in [6, 6.07) is 20.5. The Morgan fingerprint density at radius 2 is 1.88 bits per heavy atom. The van der Waals surface area contributed by atoms with Gasteiger partial charge in [0, 0.05) is 17.0 Å². The van der Waals surface area contributed by atoms with Crippen LogP contribution in [0.4, 0.5) is 11.6 Å². The van der Waals surface area contributed by atoms with Gasteiger partial charge in [-0.15, -0.1) is 10.2 Å². The molecule has 9 nitrogen and oxygen atoms in total. The zero-order valence-corrected chi connectivity index (χ0v) is 17.9. The molecular formula is C23H17N5O4S. The molecule has 2 aromatic carbocycles. The highest BCUT2D eigenvalue weighted by Crippen LogP contribution is 2.36. The Balaban J connectivity index is 1.42. The van der Waals surface area contributed by atoms with E-state index in [1.54, 1.807) is 12.2 Å². The number of anilines is 1. The van der Waals surface area contributed by atoms with E-state index in [2.05, 4.69) is 20.5 Å². The van der Waals surface area contributed by atoms with Crippen molar-refractivity contribution >= 4 is 29.4 Å². The molecule has 1 atom stereocenters. The van der Waals surface area contributed by atoms with Crippen LogP contribution in [0.15, 0.2) is 82.4 Å². The molecule has 2 aromatic heterocycles. The van der Waals surface area contributed by atoms with Crippen LogP contribution in [-0.4, -0.2) is 26.3 Å². The standard InChI is InChI=1S/C23H17N5O4S/c29-28(30)20-13-11-16(31-20)10-12-19-24-18-9-5-4-8-17(18)21-22(32-19)25-23(27-26-21)33-14-15-6-2-1-3-7-15/h1-13,19,24H,14H2/b12-10+/t19-/m0/s1. The summed E-state index contributed by atoms with van der Waals surface area (Å²) in [4.78, 5) is 14.9. The second-order valence-corrected chi connectivity index (χ2v) is 7.99. The van der Waals surface area contributed by atoms with Gasteiger partial charge in [-0.25, -0.2) is 0 Å². The van der Waals surface area contributed by atoms with Gasteiger partial charge in [0.2, 0.25) is 11.0 Å². The lowest BCUT2D eigenvalue weighted by atomic mass is 10.1. The monoisotopic (exact) mass is 459 g/mol. The summed E-state index contributed by atoms with van der Waals surface area (Å²) >= 11 is 1.47. The van der Waals surface area contributed by atoms with E-state index in [4.69, 9.17) is 9.15 Å². The number of hydrogen-bond donors (Lipinski definition) is 1. The lowest BCUT2D eigenvalue weighted by molar-refractivity contribution is -0.402. The average molecular weight is 459 g/mol. The van der Waals surface area contributed by atoms with Crippen molar-refractivity contribution in [3.8, 4) is 17.1 Å². The Bertz CT molecular complexity index is 1330. The van der Waals surface area contributed by atoms with Crippen LogP contribution >= 0.6 is 11.8 Å². The van der Waals surface area contributed by atoms with Crippen molar-refractivity contribution in [2.24, 2.45) is 0 Å². The van der Waals surface area contributed by atoms with Crippen molar-refractivity contribution in [2.45, 2.75) is 17.1 Å². The maximum atomic E-state index is 10.8. The molecule has 3 heterocycles. The fourth-order valence-electron chi connectivity index (χ4n) is 3.25. The first-order chi connectivity index (χ1) is 16.2. The maximum absolute atomic E-state index is 10.8. The molecule has 5 rings (SSSR count). The Morgan fingerprint density at radius 3 is 2.70 bits per heavy atom. The number of para-hydroxylation sites is 1. The minimum Gasteiger partial charge on any atom is -0.448 e. The predicted molar refractivity (Wildman–Crippen MR) is 124 cm³/mol. The average Bonchev–Trinajstić information content (AvgIpc) is 3.26. The Morgan fingerprint density at radius 1 is 1.06 bits per heavy atom. The van der Waals surface area contributed by atoms with Crippen molar-refractivity contribution < 1.29 is 14.1 Å². The molecule has 0 amide bonds. The Kier molecular flexibility index (Phi) is 5.73. The molecule has 0 bridgehead atoms. The number of aromatic nitrogens is 3. The van der Waals surface area contributed by atoms with Crippen molar-refractivity contribution in [2.75, 3.05) is 5.32 Å². The second-order valence-electron chi connectivity index (χ2n) is 7.04. The summed E-state index contributed by atoms with van der Waals surface area (Å²) in [6.45, 7) is 0. The van der Waals surface area contributed by atoms with Crippen molar-refractivity contribution in [1.82, 2.24) is 15.2 Å². The number of benzene rings is 2. The van der Waals surface area contributed by atoms with Gasteiger partial charge in [0.05, 0.1) is 6.07 Å². The minimum absolute atomic E-state index is 0.322. The van der Waals surface area contributed by atoms with Crippen LogP contribution in [0.25, 0.3) is 17.3 Å². The third-order valence-corrected chi connectivity index (χ3v) is 5.70. The highest BCUT2D eigenvalue weighted by Gasteiger charge is 2.24. The molecule has 0 spiro atoms. The van der Waals surface area contributed by atoms with Crippen LogP contribution in [0, 0.1) is 10.1 Å². The molecule has 0 fully saturated rings. The zero-order valence-electron chi connectivity index (χ0n) is 17.1. The van der Waals surface area contributed by atoms with Gasteiger partial charge in [-0.05, 0) is 29.8 Å². The number of thioether (sulfide) groups is 1. The maximum Gasteiger partial charge on any atom is 0.433 e. The van der Waals surface area contributed by atoms with Gasteiger partial charge in [-0.2, -0.15) is 4.98 Å². The second kappa shape index (κ2) is 9.13. The Hall–Kier alpha value is -4.18. The molecule has 0 radical (unpaired) electrons. The molecule has 0 saturated heterocycles. The van der Waals surface area contributed by atoms with Crippen molar-refractivity contribution in [3.05, 3.63) is 94.2 Å². The molecular weight excluding hydrogens is 442 g/mol. The quantitative estimate of drug-likeness (QED) is 0.236. The largest absolute Gasteiger partial charge is 0.448 e. The van der Waals surface area contributed by atoms with Gasteiger partial charge < -0.3 is 14.5 Å². The van der Waals surface area contributed by atoms with E-state index < -0.39 is 11.2 Å². The summed E-state index contributed by atoms with van der Waals surface area (Å²) in [6.07, 6.45) is 2.70. The Labute approximate surface area is 192 Å². The van der Waals surface area contributed by atoms with Gasteiger partial charge in [-0.1, -0.05) is 60.3 Å². The highest BCUT2D eigenvalue weighted by atomic mass is 32.2. The van der Waals surface area contributed by atoms with E-state index in [1.807, 2.05) is 54.6 Å². The van der Waals surface area contributed by atoms with Crippen molar-refractivity contribution in [3.63, 3.8) is 0 Å². The van der Waals surface area contributed by atoms with E-state index in [9.17, 15) is 10.1 Å². The van der Waals surface area contributed by atoms with Gasteiger partial charge in [0.15, 0.2) is 11.9 Å². The molecule has 10 heteroatoms. The minimum atomic E-state index is -0.611. The van der Waals surface area contributed by atoms with Gasteiger partial charge in [-0.3, -0.25) is 10.1 Å². The van der Waals surface area contributed by atoms with Crippen LogP contribution in [-0.2, 0) is 5.75 Å². The van der Waals surface area contributed by atoms with Crippen LogP contribution in [0.1, 0.15) is 11.3 Å². The first kappa shape index (κ1) is 20.7. The van der Waals surface area contributed by atoms with E-state index in [-0.39, 0.29) is 5.88 Å². The van der Waals surface area contributed by atoms with Gasteiger partial charge in [0.1, 0.15) is 10.7 Å². The summed E-state index contributed by atoms with van der Waals surface area (Å²) in [5, 5.41) is 23.3. The molecule has 0 unspecified atom stereocenters. The topological polar surface area (TPSA) is 116 Å². The number of nitrogens with one attached hydrogen (secondary N) is 1. The third kappa shape index (κ3) is 4.70. The number of nitrogens with zero attached hydrogens (tertiary/aromatic N) is 4. The van der Waals surface area contributed by atoms with Gasteiger partial charge >= 0.3 is 5.88 Å². The van der Waals surface area contributed by atoms with Crippen molar-refractivity contribution in [1.29, 1.82) is 0 Å². The van der Waals surface area contributed by atoms with Crippen LogP contribution in [0.5, 0.6) is 5.88 Å². The summed E-state index contributed by atoms with van der Waals surface area (Å²) in [5.41, 5.74) is 3.31. The lowest BCUT2D eigenvalue weighted by Gasteiger charge is -2.15. The first-order valence-electron chi connectivity index (χ1n) is 10.0. The van der Waals surface area contributed by atoms with E-state index in [0.717, 1.165) is 16.8 Å². The predicted octanol–water partition coefficient (Wildman–Crippen LogP) is 5.18. The van der Waals surface area contributed by atoms with E-state index >= 15 is 0 Å². The number of fused-ring (bicyclic) bond motifs is 3. The lowest BCUT2D eigenvalue weighted by Crippen LogP contribution is -2.23. The first-order valence-corrected chi connectivity index (χ1v) is 11.0. The normalized spacial score (nSPS) is 14.6. The molecule has 0 aliphatic carbocycles. The fourth-order valence-corrected chi connectivity index (χ4v) is 3.98. The SMILES string of the molecule is O=[N+]([O-])c1ccc(/C=C/[C@H]2Nc3ccccc3-c3nnc(SCc4ccccc4)nc3O2)o1. The van der Waals surface area contributed by atoms with E-state index in [0.29, 0.717) is 28.2 Å². The number of rotatable bonds is 6. The molecule has 1 aliphatic rings. The number of hydrogen-bond acceptors (Lipinski definition) is 9. The number of furan rings is 1. The van der Waals surface area contributed by atoms with Gasteiger partial charge in [0.25, 0.3) is 0 Å². The molecule has 164 valence electrons. The number of ether oxygens (including phenoxy) is 1. The van der Waals surface area contributed by atoms with E-state index in [1.165, 1.54) is 23.9 Å². The zero-order chi connectivity index (χ0) is 22.6. The third-order valence-electron chi connectivity index (χ3n) is 4.79. The van der Waals surface area contributed by atoms with Crippen LogP contribution < -0.4 is 10.1 Å². The smallest absolute Gasteiger partial charge is 0.433 e. The molecule has 0 saturated carbocycles. The summed E-state index contributed by atoms with van der Waals surface area (Å²) in [5.74, 6) is 1.07.